The standard InChI is InChI=1S/C16H17N3O4S/c1-10(20)8-14-17-16(24-19-14)18-15(21)7-5-11-4-6-12(22-2)13(9-11)23-3/h4-7,9H,8H2,1-3H3,(H,17,18,19,21)/b7-5+. The van der Waals surface area contributed by atoms with Gasteiger partial charge in [0.1, 0.15) is 5.78 Å². The van der Waals surface area contributed by atoms with E-state index in [4.69, 9.17) is 9.47 Å². The summed E-state index contributed by atoms with van der Waals surface area (Å²) in [6.07, 6.45) is 3.19. The molecule has 1 aromatic heterocycles. The summed E-state index contributed by atoms with van der Waals surface area (Å²) < 4.78 is 14.4. The molecule has 8 heteroatoms. The summed E-state index contributed by atoms with van der Waals surface area (Å²) in [6.45, 7) is 1.46. The number of nitrogens with one attached hydrogen (secondary N) is 1. The van der Waals surface area contributed by atoms with E-state index in [9.17, 15) is 9.59 Å². The highest BCUT2D eigenvalue weighted by molar-refractivity contribution is 7.09. The van der Waals surface area contributed by atoms with Crippen LogP contribution in [-0.4, -0.2) is 35.3 Å². The van der Waals surface area contributed by atoms with E-state index in [1.807, 2.05) is 0 Å². The van der Waals surface area contributed by atoms with Crippen LogP contribution < -0.4 is 14.8 Å². The van der Waals surface area contributed by atoms with Crippen LogP contribution in [0.1, 0.15) is 18.3 Å². The lowest BCUT2D eigenvalue weighted by atomic mass is 10.2. The number of benzene rings is 1. The van der Waals surface area contributed by atoms with Gasteiger partial charge in [-0.2, -0.15) is 4.37 Å². The van der Waals surface area contributed by atoms with E-state index in [1.165, 1.54) is 13.0 Å². The van der Waals surface area contributed by atoms with E-state index in [2.05, 4.69) is 14.7 Å². The molecule has 0 bridgehead atoms. The van der Waals surface area contributed by atoms with Crippen molar-refractivity contribution in [2.75, 3.05) is 19.5 Å². The Morgan fingerprint density at radius 2 is 2.00 bits per heavy atom. The van der Waals surface area contributed by atoms with Crippen molar-refractivity contribution in [2.45, 2.75) is 13.3 Å². The predicted octanol–water partition coefficient (Wildman–Crippen LogP) is 2.34. The maximum absolute atomic E-state index is 11.9. The zero-order chi connectivity index (χ0) is 17.5. The van der Waals surface area contributed by atoms with Gasteiger partial charge in [-0.3, -0.25) is 14.9 Å². The molecule has 0 spiro atoms. The summed E-state index contributed by atoms with van der Waals surface area (Å²) in [5.74, 6) is 1.24. The number of rotatable bonds is 7. The van der Waals surface area contributed by atoms with Gasteiger partial charge in [0.05, 0.1) is 20.6 Å². The van der Waals surface area contributed by atoms with Crippen LogP contribution in [0.3, 0.4) is 0 Å². The Balaban J connectivity index is 2.00. The molecule has 1 N–H and O–H groups in total. The number of carbonyl (C=O) groups excluding carboxylic acids is 2. The van der Waals surface area contributed by atoms with E-state index in [0.717, 1.165) is 17.1 Å². The van der Waals surface area contributed by atoms with Crippen LogP contribution in [0.2, 0.25) is 0 Å². The van der Waals surface area contributed by atoms with Gasteiger partial charge in [0.2, 0.25) is 11.0 Å². The van der Waals surface area contributed by atoms with Gasteiger partial charge in [0, 0.05) is 17.6 Å². The second-order valence-corrected chi connectivity index (χ2v) is 5.58. The fraction of sp³-hybridized carbons (Fsp3) is 0.250. The molecule has 0 fully saturated rings. The normalized spacial score (nSPS) is 10.6. The maximum Gasteiger partial charge on any atom is 0.250 e. The smallest absolute Gasteiger partial charge is 0.250 e. The first-order valence-corrected chi connectivity index (χ1v) is 7.82. The lowest BCUT2D eigenvalue weighted by Gasteiger charge is -2.07. The lowest BCUT2D eigenvalue weighted by molar-refractivity contribution is -0.116. The third-order valence-electron chi connectivity index (χ3n) is 2.94. The molecule has 0 unspecified atom stereocenters. The number of ether oxygens (including phenoxy) is 2. The number of hydrogen-bond acceptors (Lipinski definition) is 7. The van der Waals surface area contributed by atoms with Gasteiger partial charge in [0.15, 0.2) is 17.3 Å². The molecular weight excluding hydrogens is 330 g/mol. The van der Waals surface area contributed by atoms with Crippen molar-refractivity contribution in [3.8, 4) is 11.5 Å². The summed E-state index contributed by atoms with van der Waals surface area (Å²) in [6, 6.07) is 5.33. The van der Waals surface area contributed by atoms with Crippen LogP contribution in [0.25, 0.3) is 6.08 Å². The van der Waals surface area contributed by atoms with Gasteiger partial charge in [-0.1, -0.05) is 6.07 Å². The third kappa shape index (κ3) is 4.88. The lowest BCUT2D eigenvalue weighted by Crippen LogP contribution is -2.07. The molecule has 1 amide bonds. The monoisotopic (exact) mass is 347 g/mol. The number of amides is 1. The molecule has 0 radical (unpaired) electrons. The summed E-state index contributed by atoms with van der Waals surface area (Å²) in [5, 5.41) is 2.96. The number of carbonyl (C=O) groups is 2. The molecule has 126 valence electrons. The van der Waals surface area contributed by atoms with E-state index >= 15 is 0 Å². The minimum Gasteiger partial charge on any atom is -0.493 e. The van der Waals surface area contributed by atoms with Crippen molar-refractivity contribution in [2.24, 2.45) is 0 Å². The molecule has 0 saturated carbocycles. The molecule has 0 aliphatic rings. The number of nitrogens with zero attached hydrogens (tertiary/aromatic N) is 2. The zero-order valence-electron chi connectivity index (χ0n) is 13.5. The van der Waals surface area contributed by atoms with E-state index in [1.54, 1.807) is 38.5 Å². The second kappa shape index (κ2) is 8.21. The van der Waals surface area contributed by atoms with Crippen LogP contribution in [0.4, 0.5) is 5.13 Å². The van der Waals surface area contributed by atoms with Gasteiger partial charge >= 0.3 is 0 Å². The summed E-state index contributed by atoms with van der Waals surface area (Å²) in [4.78, 5) is 27.0. The Kier molecular flexibility index (Phi) is 6.02. The molecule has 24 heavy (non-hydrogen) atoms. The number of aromatic nitrogens is 2. The minimum atomic E-state index is -0.338. The van der Waals surface area contributed by atoms with Gasteiger partial charge in [-0.05, 0) is 30.7 Å². The highest BCUT2D eigenvalue weighted by Crippen LogP contribution is 2.27. The fourth-order valence-corrected chi connectivity index (χ4v) is 2.46. The van der Waals surface area contributed by atoms with E-state index in [-0.39, 0.29) is 18.1 Å². The molecule has 0 aliphatic heterocycles. The van der Waals surface area contributed by atoms with Crippen molar-refractivity contribution in [1.29, 1.82) is 0 Å². The van der Waals surface area contributed by atoms with Crippen LogP contribution in [0.5, 0.6) is 11.5 Å². The molecule has 2 rings (SSSR count). The molecule has 7 nitrogen and oxygen atoms in total. The first-order chi connectivity index (χ1) is 11.5. The molecule has 0 saturated heterocycles. The van der Waals surface area contributed by atoms with Crippen molar-refractivity contribution < 1.29 is 19.1 Å². The molecular formula is C16H17N3O4S. The number of hydrogen-bond donors (Lipinski definition) is 1. The van der Waals surface area contributed by atoms with Crippen molar-refractivity contribution >= 4 is 34.4 Å². The summed E-state index contributed by atoms with van der Waals surface area (Å²) >= 11 is 1.04. The topological polar surface area (TPSA) is 90.4 Å². The van der Waals surface area contributed by atoms with Crippen molar-refractivity contribution in [3.05, 3.63) is 35.7 Å². The highest BCUT2D eigenvalue weighted by atomic mass is 32.1. The molecule has 1 aromatic carbocycles. The van der Waals surface area contributed by atoms with Crippen LogP contribution in [0.15, 0.2) is 24.3 Å². The quantitative estimate of drug-likeness (QED) is 0.773. The van der Waals surface area contributed by atoms with Gasteiger partial charge in [0.25, 0.3) is 0 Å². The molecule has 1 heterocycles. The van der Waals surface area contributed by atoms with E-state index in [0.29, 0.717) is 22.5 Å². The van der Waals surface area contributed by atoms with E-state index < -0.39 is 0 Å². The van der Waals surface area contributed by atoms with Gasteiger partial charge in [-0.15, -0.1) is 0 Å². The van der Waals surface area contributed by atoms with Crippen molar-refractivity contribution in [1.82, 2.24) is 9.36 Å². The first-order valence-electron chi connectivity index (χ1n) is 7.05. The average Bonchev–Trinajstić information content (AvgIpc) is 2.98. The van der Waals surface area contributed by atoms with Crippen LogP contribution in [-0.2, 0) is 16.0 Å². The Labute approximate surface area is 143 Å². The fourth-order valence-electron chi connectivity index (χ4n) is 1.87. The third-order valence-corrected chi connectivity index (χ3v) is 3.61. The number of anilines is 1. The Morgan fingerprint density at radius 1 is 1.25 bits per heavy atom. The molecule has 0 aliphatic carbocycles. The minimum absolute atomic E-state index is 0.0287. The molecule has 2 aromatic rings. The SMILES string of the molecule is COc1ccc(/C=C/C(=O)Nc2nc(CC(C)=O)ns2)cc1OC. The Morgan fingerprint density at radius 3 is 2.67 bits per heavy atom. The number of ketones is 1. The number of Topliss-reactive ketones (excluding diaryl/α,β-unsaturated/α-hetero) is 1. The Hall–Kier alpha value is -2.74. The molecule has 0 atom stereocenters. The largest absolute Gasteiger partial charge is 0.493 e. The average molecular weight is 347 g/mol. The maximum atomic E-state index is 11.9. The second-order valence-electron chi connectivity index (χ2n) is 4.83. The van der Waals surface area contributed by atoms with Gasteiger partial charge in [-0.25, -0.2) is 4.98 Å². The zero-order valence-corrected chi connectivity index (χ0v) is 14.3. The summed E-state index contributed by atoms with van der Waals surface area (Å²) in [7, 11) is 3.11. The number of methoxy groups -OCH3 is 2. The van der Waals surface area contributed by atoms with Crippen molar-refractivity contribution in [3.63, 3.8) is 0 Å². The predicted molar refractivity (Wildman–Crippen MR) is 91.5 cm³/mol. The first kappa shape index (κ1) is 17.6. The van der Waals surface area contributed by atoms with Gasteiger partial charge < -0.3 is 9.47 Å². The highest BCUT2D eigenvalue weighted by Gasteiger charge is 2.08. The Bertz CT molecular complexity index is 770. The van der Waals surface area contributed by atoms with Crippen LogP contribution in [0, 0.1) is 0 Å². The van der Waals surface area contributed by atoms with Crippen LogP contribution >= 0.6 is 11.5 Å². The summed E-state index contributed by atoms with van der Waals surface area (Å²) in [5.41, 5.74) is 0.789.